The smallest absolute Gasteiger partial charge is 0.246 e. The number of methoxy groups -OCH3 is 1. The Balaban J connectivity index is 1.48. The topological polar surface area (TPSA) is 74.9 Å². The van der Waals surface area contributed by atoms with E-state index in [2.05, 4.69) is 11.1 Å². The Hall–Kier alpha value is -3.32. The van der Waals surface area contributed by atoms with Gasteiger partial charge in [0.05, 0.1) is 19.8 Å². The number of hydrogen-bond donors (Lipinski definition) is 1. The number of rotatable bonds is 4. The molecule has 3 aliphatic rings. The third kappa shape index (κ3) is 3.22. The van der Waals surface area contributed by atoms with Gasteiger partial charge in [-0.25, -0.2) is 0 Å². The van der Waals surface area contributed by atoms with Gasteiger partial charge >= 0.3 is 0 Å². The zero-order valence-corrected chi connectivity index (χ0v) is 18.6. The molecule has 0 bridgehead atoms. The van der Waals surface area contributed by atoms with E-state index in [1.807, 2.05) is 42.5 Å². The van der Waals surface area contributed by atoms with Gasteiger partial charge in [0.2, 0.25) is 11.8 Å². The van der Waals surface area contributed by atoms with Crippen molar-refractivity contribution < 1.29 is 19.1 Å². The number of aromatic nitrogens is 1. The molecule has 0 aliphatic carbocycles. The largest absolute Gasteiger partial charge is 0.496 e. The number of nitrogens with one attached hydrogen (secondary N) is 1. The predicted molar refractivity (Wildman–Crippen MR) is 123 cm³/mol. The molecule has 7 heteroatoms. The van der Waals surface area contributed by atoms with Crippen molar-refractivity contribution in [1.29, 1.82) is 0 Å². The lowest BCUT2D eigenvalue weighted by Crippen LogP contribution is -2.63. The van der Waals surface area contributed by atoms with Gasteiger partial charge in [0.1, 0.15) is 17.8 Å². The van der Waals surface area contributed by atoms with Crippen molar-refractivity contribution in [2.24, 2.45) is 0 Å². The van der Waals surface area contributed by atoms with Crippen LogP contribution in [0.4, 0.5) is 0 Å². The Morgan fingerprint density at radius 3 is 2.76 bits per heavy atom. The summed E-state index contributed by atoms with van der Waals surface area (Å²) in [5.74, 6) is 0.661. The number of H-pyrrole nitrogens is 1. The van der Waals surface area contributed by atoms with Crippen LogP contribution in [0.3, 0.4) is 0 Å². The van der Waals surface area contributed by atoms with Crippen LogP contribution in [0, 0.1) is 0 Å². The predicted octanol–water partition coefficient (Wildman–Crippen LogP) is 3.04. The SMILES string of the molecule is COc1ccccc1C1c2[nH]c3ccccc3c2C[C@H]2C(=O)N(CC3CCCO3)CC(=O)N12. The van der Waals surface area contributed by atoms with Crippen LogP contribution in [-0.2, 0) is 20.7 Å². The van der Waals surface area contributed by atoms with E-state index >= 15 is 0 Å². The van der Waals surface area contributed by atoms with Gasteiger partial charge in [-0.1, -0.05) is 36.4 Å². The molecule has 2 unspecified atom stereocenters. The molecule has 2 saturated heterocycles. The number of carbonyl (C=O) groups is 2. The average molecular weight is 446 g/mol. The van der Waals surface area contributed by atoms with Gasteiger partial charge in [0.15, 0.2) is 0 Å². The maximum absolute atomic E-state index is 13.7. The number of piperazine rings is 1. The van der Waals surface area contributed by atoms with E-state index in [0.29, 0.717) is 18.7 Å². The summed E-state index contributed by atoms with van der Waals surface area (Å²) >= 11 is 0. The number of aromatic amines is 1. The minimum atomic E-state index is -0.547. The average Bonchev–Trinajstić information content (AvgIpc) is 3.48. The van der Waals surface area contributed by atoms with E-state index in [1.165, 1.54) is 0 Å². The van der Waals surface area contributed by atoms with Gasteiger partial charge in [0.25, 0.3) is 0 Å². The molecule has 7 nitrogen and oxygen atoms in total. The second kappa shape index (κ2) is 7.92. The maximum Gasteiger partial charge on any atom is 0.246 e. The molecule has 4 heterocycles. The van der Waals surface area contributed by atoms with Gasteiger partial charge in [-0.05, 0) is 30.5 Å². The second-order valence-corrected chi connectivity index (χ2v) is 9.08. The fourth-order valence-electron chi connectivity index (χ4n) is 5.73. The third-order valence-corrected chi connectivity index (χ3v) is 7.22. The summed E-state index contributed by atoms with van der Waals surface area (Å²) in [7, 11) is 1.64. The first-order valence-corrected chi connectivity index (χ1v) is 11.6. The molecule has 33 heavy (non-hydrogen) atoms. The van der Waals surface area contributed by atoms with Gasteiger partial charge in [-0.15, -0.1) is 0 Å². The quantitative estimate of drug-likeness (QED) is 0.670. The van der Waals surface area contributed by atoms with E-state index in [-0.39, 0.29) is 24.5 Å². The summed E-state index contributed by atoms with van der Waals surface area (Å²) in [6.45, 7) is 1.29. The summed E-state index contributed by atoms with van der Waals surface area (Å²) in [6.07, 6.45) is 2.45. The Morgan fingerprint density at radius 1 is 1.12 bits per heavy atom. The van der Waals surface area contributed by atoms with Crippen molar-refractivity contribution in [1.82, 2.24) is 14.8 Å². The van der Waals surface area contributed by atoms with Crippen LogP contribution in [-0.4, -0.2) is 65.6 Å². The lowest BCUT2D eigenvalue weighted by Gasteiger charge is -2.47. The van der Waals surface area contributed by atoms with Crippen molar-refractivity contribution in [3.05, 3.63) is 65.4 Å². The van der Waals surface area contributed by atoms with Crippen LogP contribution in [0.2, 0.25) is 0 Å². The molecule has 3 aliphatic heterocycles. The van der Waals surface area contributed by atoms with Gasteiger partial charge in [0, 0.05) is 41.7 Å². The Bertz CT molecular complexity index is 1230. The second-order valence-electron chi connectivity index (χ2n) is 9.08. The molecule has 1 aromatic heterocycles. The van der Waals surface area contributed by atoms with Crippen molar-refractivity contribution in [3.8, 4) is 5.75 Å². The first kappa shape index (κ1) is 20.3. The minimum Gasteiger partial charge on any atom is -0.496 e. The van der Waals surface area contributed by atoms with Crippen molar-refractivity contribution in [2.45, 2.75) is 37.5 Å². The zero-order chi connectivity index (χ0) is 22.5. The van der Waals surface area contributed by atoms with Crippen molar-refractivity contribution >= 4 is 22.7 Å². The Labute approximate surface area is 192 Å². The molecule has 170 valence electrons. The zero-order valence-electron chi connectivity index (χ0n) is 18.6. The Kier molecular flexibility index (Phi) is 4.87. The van der Waals surface area contributed by atoms with Crippen molar-refractivity contribution in [3.63, 3.8) is 0 Å². The number of carbonyl (C=O) groups excluding carboxylic acids is 2. The van der Waals surface area contributed by atoms with Crippen LogP contribution < -0.4 is 4.74 Å². The molecule has 2 aromatic carbocycles. The number of benzene rings is 2. The molecule has 0 saturated carbocycles. The highest BCUT2D eigenvalue weighted by Gasteiger charge is 2.49. The summed E-state index contributed by atoms with van der Waals surface area (Å²) in [6, 6.07) is 14.9. The van der Waals surface area contributed by atoms with E-state index in [1.54, 1.807) is 16.9 Å². The van der Waals surface area contributed by atoms with Crippen LogP contribution in [0.5, 0.6) is 5.75 Å². The van der Waals surface area contributed by atoms with Crippen LogP contribution in [0.15, 0.2) is 48.5 Å². The van der Waals surface area contributed by atoms with E-state index in [4.69, 9.17) is 9.47 Å². The molecule has 3 atom stereocenters. The molecule has 0 radical (unpaired) electrons. The molecular formula is C26H27N3O4. The van der Waals surface area contributed by atoms with Gasteiger partial charge in [-0.3, -0.25) is 9.59 Å². The van der Waals surface area contributed by atoms with Gasteiger partial charge in [-0.2, -0.15) is 0 Å². The summed E-state index contributed by atoms with van der Waals surface area (Å²) in [5, 5.41) is 1.10. The van der Waals surface area contributed by atoms with E-state index < -0.39 is 12.1 Å². The Morgan fingerprint density at radius 2 is 1.94 bits per heavy atom. The molecule has 2 amide bonds. The van der Waals surface area contributed by atoms with Crippen molar-refractivity contribution in [2.75, 3.05) is 26.8 Å². The third-order valence-electron chi connectivity index (χ3n) is 7.22. The van der Waals surface area contributed by atoms with Crippen LogP contribution >= 0.6 is 0 Å². The van der Waals surface area contributed by atoms with E-state index in [9.17, 15) is 9.59 Å². The lowest BCUT2D eigenvalue weighted by molar-refractivity contribution is -0.160. The fraction of sp³-hybridized carbons (Fsp3) is 0.385. The number of ether oxygens (including phenoxy) is 2. The normalized spacial score (nSPS) is 24.8. The van der Waals surface area contributed by atoms with Crippen LogP contribution in [0.25, 0.3) is 10.9 Å². The highest BCUT2D eigenvalue weighted by molar-refractivity contribution is 5.97. The number of amides is 2. The molecule has 3 aromatic rings. The molecule has 2 fully saturated rings. The van der Waals surface area contributed by atoms with E-state index in [0.717, 1.165) is 47.2 Å². The highest BCUT2D eigenvalue weighted by atomic mass is 16.5. The lowest BCUT2D eigenvalue weighted by atomic mass is 9.86. The molecule has 0 spiro atoms. The minimum absolute atomic E-state index is 0.000860. The standard InChI is InChI=1S/C26H27N3O4/c1-32-22-11-5-3-9-18(22)25-24-19(17-8-2-4-10-20(17)27-24)13-21-26(31)28(15-23(30)29(21)25)14-16-7-6-12-33-16/h2-5,8-11,16,21,25,27H,6-7,12-15H2,1H3/t16?,21-,25?/m0/s1. The monoisotopic (exact) mass is 445 g/mol. The van der Waals surface area contributed by atoms with Crippen LogP contribution in [0.1, 0.15) is 35.7 Å². The molecule has 6 rings (SSSR count). The summed E-state index contributed by atoms with van der Waals surface area (Å²) in [4.78, 5) is 34.4. The summed E-state index contributed by atoms with van der Waals surface area (Å²) in [5.41, 5.74) is 3.96. The molecular weight excluding hydrogens is 418 g/mol. The first-order chi connectivity index (χ1) is 16.2. The highest BCUT2D eigenvalue weighted by Crippen LogP contribution is 2.44. The number of para-hydroxylation sites is 2. The number of hydrogen-bond acceptors (Lipinski definition) is 4. The fourth-order valence-corrected chi connectivity index (χ4v) is 5.73. The number of nitrogens with zero attached hydrogens (tertiary/aromatic N) is 2. The molecule has 1 N–H and O–H groups in total. The maximum atomic E-state index is 13.7. The number of fused-ring (bicyclic) bond motifs is 4. The van der Waals surface area contributed by atoms with Gasteiger partial charge < -0.3 is 24.3 Å². The first-order valence-electron chi connectivity index (χ1n) is 11.6. The summed E-state index contributed by atoms with van der Waals surface area (Å²) < 4.78 is 11.4.